The number of sulfonamides is 1. The van der Waals surface area contributed by atoms with Crippen LogP contribution in [0.1, 0.15) is 13.3 Å². The standard InChI is InChI=1S/C16H15FN2O3S2/c1-2-8-19-14-7-6-13(10-15(14)23-16(19)20)24(21,22)18-12-5-3-4-11(17)9-12/h3-7,9-10,18H,2,8H2,1H3. The normalized spacial score (nSPS) is 11.8. The van der Waals surface area contributed by atoms with Crippen molar-refractivity contribution < 1.29 is 12.8 Å². The lowest BCUT2D eigenvalue weighted by Gasteiger charge is -2.08. The summed E-state index contributed by atoms with van der Waals surface area (Å²) in [5, 5.41) is 0. The predicted molar refractivity (Wildman–Crippen MR) is 93.6 cm³/mol. The summed E-state index contributed by atoms with van der Waals surface area (Å²) in [4.78, 5) is 11.9. The highest BCUT2D eigenvalue weighted by molar-refractivity contribution is 7.92. The van der Waals surface area contributed by atoms with Gasteiger partial charge < -0.3 is 0 Å². The molecule has 3 aromatic rings. The first-order valence-electron chi connectivity index (χ1n) is 7.32. The van der Waals surface area contributed by atoms with Gasteiger partial charge in [0, 0.05) is 6.54 Å². The van der Waals surface area contributed by atoms with Crippen LogP contribution in [0.5, 0.6) is 0 Å². The van der Waals surface area contributed by atoms with E-state index in [1.54, 1.807) is 10.6 Å². The number of aromatic nitrogens is 1. The van der Waals surface area contributed by atoms with Crippen LogP contribution in [0.25, 0.3) is 10.2 Å². The van der Waals surface area contributed by atoms with Gasteiger partial charge in [0.25, 0.3) is 10.0 Å². The smallest absolute Gasteiger partial charge is 0.299 e. The number of fused-ring (bicyclic) bond motifs is 1. The fourth-order valence-electron chi connectivity index (χ4n) is 2.42. The van der Waals surface area contributed by atoms with Gasteiger partial charge in [0.15, 0.2) is 0 Å². The predicted octanol–water partition coefficient (Wildman–Crippen LogP) is 3.41. The van der Waals surface area contributed by atoms with Crippen molar-refractivity contribution in [3.8, 4) is 0 Å². The summed E-state index contributed by atoms with van der Waals surface area (Å²) in [7, 11) is -3.86. The lowest BCUT2D eigenvalue weighted by Crippen LogP contribution is -2.13. The number of nitrogens with zero attached hydrogens (tertiary/aromatic N) is 1. The van der Waals surface area contributed by atoms with E-state index in [-0.39, 0.29) is 15.5 Å². The Morgan fingerprint density at radius 2 is 2.00 bits per heavy atom. The minimum absolute atomic E-state index is 0.0316. The molecule has 3 rings (SSSR count). The van der Waals surface area contributed by atoms with Crippen molar-refractivity contribution in [2.24, 2.45) is 0 Å². The number of nitrogens with one attached hydrogen (secondary N) is 1. The molecular weight excluding hydrogens is 351 g/mol. The molecule has 0 radical (unpaired) electrons. The summed E-state index contributed by atoms with van der Waals surface area (Å²) < 4.78 is 42.7. The number of hydrogen-bond donors (Lipinski definition) is 1. The lowest BCUT2D eigenvalue weighted by atomic mass is 10.3. The van der Waals surface area contributed by atoms with Crippen LogP contribution in [-0.4, -0.2) is 13.0 Å². The molecule has 0 atom stereocenters. The zero-order valence-corrected chi connectivity index (χ0v) is 14.5. The minimum atomic E-state index is -3.86. The number of thiazole rings is 1. The monoisotopic (exact) mass is 366 g/mol. The summed E-state index contributed by atoms with van der Waals surface area (Å²) in [6.45, 7) is 2.56. The number of aryl methyl sites for hydroxylation is 1. The molecule has 0 saturated heterocycles. The fraction of sp³-hybridized carbons (Fsp3) is 0.188. The van der Waals surface area contributed by atoms with E-state index in [0.717, 1.165) is 29.3 Å². The molecule has 0 spiro atoms. The van der Waals surface area contributed by atoms with E-state index in [0.29, 0.717) is 11.2 Å². The van der Waals surface area contributed by atoms with Crippen molar-refractivity contribution in [2.45, 2.75) is 24.8 Å². The van der Waals surface area contributed by atoms with E-state index < -0.39 is 15.8 Å². The van der Waals surface area contributed by atoms with Crippen LogP contribution < -0.4 is 9.60 Å². The molecule has 0 aliphatic heterocycles. The zero-order chi connectivity index (χ0) is 17.3. The lowest BCUT2D eigenvalue weighted by molar-refractivity contribution is 0.601. The third kappa shape index (κ3) is 3.20. The maximum atomic E-state index is 13.2. The van der Waals surface area contributed by atoms with Crippen LogP contribution >= 0.6 is 11.3 Å². The van der Waals surface area contributed by atoms with Gasteiger partial charge in [0.2, 0.25) is 0 Å². The largest absolute Gasteiger partial charge is 0.308 e. The summed E-state index contributed by atoms with van der Waals surface area (Å²) in [6.07, 6.45) is 0.812. The molecule has 2 aromatic carbocycles. The van der Waals surface area contributed by atoms with E-state index >= 15 is 0 Å². The summed E-state index contributed by atoms with van der Waals surface area (Å²) >= 11 is 1.01. The van der Waals surface area contributed by atoms with Crippen molar-refractivity contribution >= 4 is 37.3 Å². The van der Waals surface area contributed by atoms with Crippen LogP contribution in [0.2, 0.25) is 0 Å². The molecule has 0 bridgehead atoms. The van der Waals surface area contributed by atoms with Crippen molar-refractivity contribution in [3.63, 3.8) is 0 Å². The highest BCUT2D eigenvalue weighted by atomic mass is 32.2. The Morgan fingerprint density at radius 3 is 2.71 bits per heavy atom. The first kappa shape index (κ1) is 16.7. The van der Waals surface area contributed by atoms with E-state index in [9.17, 15) is 17.6 Å². The second kappa shape index (κ2) is 6.37. The fourth-order valence-corrected chi connectivity index (χ4v) is 4.52. The van der Waals surface area contributed by atoms with Gasteiger partial charge in [-0.2, -0.15) is 0 Å². The molecule has 0 aliphatic carbocycles. The first-order valence-corrected chi connectivity index (χ1v) is 9.62. The number of hydrogen-bond acceptors (Lipinski definition) is 4. The van der Waals surface area contributed by atoms with Crippen LogP contribution in [0, 0.1) is 5.82 Å². The van der Waals surface area contributed by atoms with Crippen LogP contribution in [0.3, 0.4) is 0 Å². The van der Waals surface area contributed by atoms with Crippen molar-refractivity contribution in [2.75, 3.05) is 4.72 Å². The van der Waals surface area contributed by atoms with E-state index in [1.165, 1.54) is 30.3 Å². The number of halogens is 1. The molecule has 0 amide bonds. The molecule has 1 aromatic heterocycles. The number of benzene rings is 2. The minimum Gasteiger partial charge on any atom is -0.299 e. The van der Waals surface area contributed by atoms with Crippen LogP contribution in [0.15, 0.2) is 52.2 Å². The van der Waals surface area contributed by atoms with Crippen molar-refractivity contribution in [3.05, 3.63) is 57.9 Å². The second-order valence-electron chi connectivity index (χ2n) is 5.26. The van der Waals surface area contributed by atoms with E-state index in [1.807, 2.05) is 6.92 Å². The van der Waals surface area contributed by atoms with Crippen LogP contribution in [0.4, 0.5) is 10.1 Å². The van der Waals surface area contributed by atoms with E-state index in [4.69, 9.17) is 0 Å². The third-order valence-corrected chi connectivity index (χ3v) is 5.79. The third-order valence-electron chi connectivity index (χ3n) is 3.47. The maximum Gasteiger partial charge on any atom is 0.308 e. The molecule has 24 heavy (non-hydrogen) atoms. The van der Waals surface area contributed by atoms with E-state index in [2.05, 4.69) is 4.72 Å². The molecule has 1 N–H and O–H groups in total. The molecular formula is C16H15FN2O3S2. The average Bonchev–Trinajstić information content (AvgIpc) is 2.82. The summed E-state index contributed by atoms with van der Waals surface area (Å²) in [6, 6.07) is 9.77. The van der Waals surface area contributed by atoms with Crippen molar-refractivity contribution in [1.29, 1.82) is 0 Å². The zero-order valence-electron chi connectivity index (χ0n) is 12.8. The summed E-state index contributed by atoms with van der Waals surface area (Å²) in [5.41, 5.74) is 0.864. The Labute approximate surface area is 142 Å². The molecule has 5 nitrogen and oxygen atoms in total. The van der Waals surface area contributed by atoms with Gasteiger partial charge in [-0.15, -0.1) is 0 Å². The maximum absolute atomic E-state index is 13.2. The summed E-state index contributed by atoms with van der Waals surface area (Å²) in [5.74, 6) is -0.527. The molecule has 0 aliphatic rings. The SMILES string of the molecule is CCCn1c(=O)sc2cc(S(=O)(=O)Nc3cccc(F)c3)ccc21. The second-order valence-corrected chi connectivity index (χ2v) is 7.94. The van der Waals surface area contributed by atoms with Gasteiger partial charge >= 0.3 is 4.87 Å². The molecule has 8 heteroatoms. The van der Waals surface area contributed by atoms with Gasteiger partial charge in [0.1, 0.15) is 5.82 Å². The average molecular weight is 366 g/mol. The molecule has 0 fully saturated rings. The van der Waals surface area contributed by atoms with Gasteiger partial charge in [-0.05, 0) is 42.8 Å². The Kier molecular flexibility index (Phi) is 4.42. The molecule has 0 unspecified atom stereocenters. The molecule has 1 heterocycles. The first-order chi connectivity index (χ1) is 11.4. The highest BCUT2D eigenvalue weighted by Crippen LogP contribution is 2.24. The van der Waals surface area contributed by atoms with Gasteiger partial charge in [-0.1, -0.05) is 24.3 Å². The van der Waals surface area contributed by atoms with Crippen molar-refractivity contribution in [1.82, 2.24) is 4.57 Å². The number of anilines is 1. The molecule has 0 saturated carbocycles. The quantitative estimate of drug-likeness (QED) is 0.752. The Bertz CT molecular complexity index is 1050. The Hall–Kier alpha value is -2.19. The van der Waals surface area contributed by atoms with Gasteiger partial charge in [-0.3, -0.25) is 14.1 Å². The topological polar surface area (TPSA) is 68.2 Å². The Balaban J connectivity index is 2.00. The number of rotatable bonds is 5. The van der Waals surface area contributed by atoms with Gasteiger partial charge in [0.05, 0.1) is 20.8 Å². The molecule has 126 valence electrons. The highest BCUT2D eigenvalue weighted by Gasteiger charge is 2.17. The van der Waals surface area contributed by atoms with Crippen LogP contribution in [-0.2, 0) is 16.6 Å². The Morgan fingerprint density at radius 1 is 1.21 bits per heavy atom. The van der Waals surface area contributed by atoms with Gasteiger partial charge in [-0.25, -0.2) is 12.8 Å².